The SMILES string of the molecule is CCCCCCC1=C(C(=O)OCC)c2c3ccc4c2CC2(CCc5cc(OC)ccc5C2O4)[N+](N)=C13. The second-order valence-electron chi connectivity index (χ2n) is 10.4. The predicted molar refractivity (Wildman–Crippen MR) is 138 cm³/mol. The Morgan fingerprint density at radius 1 is 1.19 bits per heavy atom. The number of fused-ring (bicyclic) bond motifs is 2. The smallest absolute Gasteiger partial charge is 0.339 e. The molecule has 0 aromatic heterocycles. The van der Waals surface area contributed by atoms with Crippen LogP contribution in [-0.4, -0.2) is 35.6 Å². The molecule has 2 aliphatic heterocycles. The van der Waals surface area contributed by atoms with Crippen LogP contribution in [0.5, 0.6) is 11.5 Å². The van der Waals surface area contributed by atoms with E-state index < -0.39 is 5.54 Å². The third kappa shape index (κ3) is 3.16. The molecule has 188 valence electrons. The topological polar surface area (TPSA) is 73.8 Å². The van der Waals surface area contributed by atoms with Crippen molar-refractivity contribution in [1.29, 1.82) is 0 Å². The van der Waals surface area contributed by atoms with Crippen molar-refractivity contribution in [3.63, 3.8) is 0 Å². The number of hydrazone groups is 1. The Labute approximate surface area is 212 Å². The number of allylic oxidation sites excluding steroid dienone is 1. The predicted octanol–water partition coefficient (Wildman–Crippen LogP) is 5.05. The van der Waals surface area contributed by atoms with Gasteiger partial charge in [0.2, 0.25) is 11.3 Å². The van der Waals surface area contributed by atoms with Crippen LogP contribution in [0, 0.1) is 0 Å². The van der Waals surface area contributed by atoms with E-state index in [4.69, 9.17) is 20.1 Å². The monoisotopic (exact) mass is 487 g/mol. The van der Waals surface area contributed by atoms with Crippen molar-refractivity contribution in [2.24, 2.45) is 5.84 Å². The van der Waals surface area contributed by atoms with Crippen LogP contribution in [0.25, 0.3) is 5.57 Å². The number of rotatable bonds is 8. The lowest BCUT2D eigenvalue weighted by Crippen LogP contribution is -2.59. The normalized spacial score (nSPS) is 22.7. The van der Waals surface area contributed by atoms with Gasteiger partial charge in [-0.15, -0.1) is 4.68 Å². The molecule has 6 nitrogen and oxygen atoms in total. The van der Waals surface area contributed by atoms with E-state index in [0.29, 0.717) is 12.2 Å². The molecule has 2 atom stereocenters. The van der Waals surface area contributed by atoms with Crippen molar-refractivity contribution < 1.29 is 23.7 Å². The fourth-order valence-electron chi connectivity index (χ4n) is 6.80. The molecule has 0 radical (unpaired) electrons. The van der Waals surface area contributed by atoms with Crippen molar-refractivity contribution in [3.05, 3.63) is 63.7 Å². The van der Waals surface area contributed by atoms with Gasteiger partial charge in [-0.25, -0.2) is 10.6 Å². The molecular formula is C30H35N2O4+. The summed E-state index contributed by atoms with van der Waals surface area (Å²) in [5.74, 6) is 8.64. The molecule has 5 bridgehead atoms. The first-order valence-electron chi connectivity index (χ1n) is 13.4. The Balaban J connectivity index is 1.55. The van der Waals surface area contributed by atoms with E-state index in [2.05, 4.69) is 31.2 Å². The first-order chi connectivity index (χ1) is 17.5. The molecule has 0 fully saturated rings. The quantitative estimate of drug-likeness (QED) is 0.244. The maximum atomic E-state index is 13.4. The molecule has 4 aliphatic rings. The first kappa shape index (κ1) is 23.1. The lowest BCUT2D eigenvalue weighted by atomic mass is 9.70. The zero-order valence-electron chi connectivity index (χ0n) is 21.5. The van der Waals surface area contributed by atoms with Crippen molar-refractivity contribution in [2.45, 2.75) is 76.9 Å². The number of carbonyl (C=O) groups is 1. The Morgan fingerprint density at radius 2 is 2.06 bits per heavy atom. The summed E-state index contributed by atoms with van der Waals surface area (Å²) in [6.07, 6.45) is 7.64. The van der Waals surface area contributed by atoms with Gasteiger partial charge < -0.3 is 14.2 Å². The highest BCUT2D eigenvalue weighted by Gasteiger charge is 2.61. The zero-order valence-corrected chi connectivity index (χ0v) is 21.5. The van der Waals surface area contributed by atoms with Gasteiger partial charge in [-0.3, -0.25) is 0 Å². The summed E-state index contributed by atoms with van der Waals surface area (Å²) >= 11 is 0. The van der Waals surface area contributed by atoms with Gasteiger partial charge >= 0.3 is 5.97 Å². The number of benzene rings is 2. The largest absolute Gasteiger partial charge is 0.497 e. The highest BCUT2D eigenvalue weighted by molar-refractivity contribution is 6.34. The maximum Gasteiger partial charge on any atom is 0.339 e. The Kier molecular flexibility index (Phi) is 5.58. The second kappa shape index (κ2) is 8.68. The van der Waals surface area contributed by atoms with Crippen LogP contribution < -0.4 is 15.3 Å². The van der Waals surface area contributed by atoms with Gasteiger partial charge in [0.15, 0.2) is 6.10 Å². The molecular weight excluding hydrogens is 452 g/mol. The molecule has 2 unspecified atom stereocenters. The number of hydrogen-bond acceptors (Lipinski definition) is 5. The van der Waals surface area contributed by atoms with Crippen LogP contribution in [0.1, 0.15) is 86.3 Å². The molecule has 0 saturated carbocycles. The van der Waals surface area contributed by atoms with Gasteiger partial charge in [0, 0.05) is 35.1 Å². The molecule has 0 saturated heterocycles. The van der Waals surface area contributed by atoms with E-state index in [-0.39, 0.29) is 12.1 Å². The third-order valence-corrected chi connectivity index (χ3v) is 8.52. The van der Waals surface area contributed by atoms with E-state index >= 15 is 0 Å². The van der Waals surface area contributed by atoms with E-state index in [1.165, 1.54) is 24.0 Å². The highest BCUT2D eigenvalue weighted by atomic mass is 16.5. The Hall–Kier alpha value is -3.28. The Morgan fingerprint density at radius 3 is 2.83 bits per heavy atom. The summed E-state index contributed by atoms with van der Waals surface area (Å²) in [5.41, 5.74) is 7.87. The Bertz CT molecular complexity index is 1320. The average molecular weight is 488 g/mol. The highest BCUT2D eigenvalue weighted by Crippen LogP contribution is 2.55. The zero-order chi connectivity index (χ0) is 25.0. The fraction of sp³-hybridized carbons (Fsp3) is 0.467. The summed E-state index contributed by atoms with van der Waals surface area (Å²) in [4.78, 5) is 13.4. The number of hydrazine groups is 1. The van der Waals surface area contributed by atoms with Crippen molar-refractivity contribution in [2.75, 3.05) is 13.7 Å². The third-order valence-electron chi connectivity index (χ3n) is 8.52. The lowest BCUT2D eigenvalue weighted by Gasteiger charge is -2.43. The number of methoxy groups -OCH3 is 1. The number of esters is 1. The molecule has 2 heterocycles. The van der Waals surface area contributed by atoms with Crippen molar-refractivity contribution >= 4 is 17.3 Å². The summed E-state index contributed by atoms with van der Waals surface area (Å²) in [6, 6.07) is 10.4. The van der Waals surface area contributed by atoms with Crippen LogP contribution in [0.3, 0.4) is 0 Å². The standard InChI is InChI=1S/C30H34N2O4/c1-4-6-7-8-9-21-26(29(33)35-5-2)25-22-12-13-24-23(25)17-30(32(31)27(21)22)15-14-18-16-19(34-3)10-11-20(18)28(30)36-24/h10-13,16,28H,4-9,14-15,17H2,1-3H3,(H-,31,33)/p+1. The number of hydrogen-bond donors (Lipinski definition) is 1. The summed E-state index contributed by atoms with van der Waals surface area (Å²) in [5, 5.41) is 0. The molecule has 1 spiro atoms. The molecule has 6 rings (SSSR count). The number of aryl methyl sites for hydroxylation is 1. The molecule has 0 amide bonds. The van der Waals surface area contributed by atoms with Crippen LogP contribution in [0.15, 0.2) is 35.9 Å². The van der Waals surface area contributed by atoms with Gasteiger partial charge in [-0.1, -0.05) is 32.3 Å². The van der Waals surface area contributed by atoms with Crippen LogP contribution >= 0.6 is 0 Å². The van der Waals surface area contributed by atoms with Crippen LogP contribution in [0.2, 0.25) is 0 Å². The van der Waals surface area contributed by atoms with E-state index in [9.17, 15) is 4.79 Å². The van der Waals surface area contributed by atoms with E-state index in [1.807, 2.05) is 17.7 Å². The summed E-state index contributed by atoms with van der Waals surface area (Å²) in [7, 11) is 1.70. The minimum Gasteiger partial charge on any atom is -0.497 e. The number of unbranched alkanes of at least 4 members (excludes halogenated alkanes) is 3. The lowest BCUT2D eigenvalue weighted by molar-refractivity contribution is -0.634. The van der Waals surface area contributed by atoms with E-state index in [0.717, 1.165) is 78.0 Å². The number of nitrogens with two attached hydrogens (primary N) is 1. The number of ether oxygens (including phenoxy) is 3. The minimum atomic E-state index is -0.413. The van der Waals surface area contributed by atoms with Crippen molar-refractivity contribution in [3.8, 4) is 11.5 Å². The molecule has 2 aliphatic carbocycles. The van der Waals surface area contributed by atoms with Crippen LogP contribution in [-0.2, 0) is 22.4 Å². The van der Waals surface area contributed by atoms with Crippen LogP contribution in [0.4, 0.5) is 0 Å². The van der Waals surface area contributed by atoms with Gasteiger partial charge in [-0.05, 0) is 56.0 Å². The maximum absolute atomic E-state index is 13.4. The second-order valence-corrected chi connectivity index (χ2v) is 10.4. The van der Waals surface area contributed by atoms with Gasteiger partial charge in [-0.2, -0.15) is 0 Å². The first-order valence-corrected chi connectivity index (χ1v) is 13.4. The van der Waals surface area contributed by atoms with Crippen molar-refractivity contribution in [1.82, 2.24) is 0 Å². The summed E-state index contributed by atoms with van der Waals surface area (Å²) in [6.45, 7) is 4.42. The average Bonchev–Trinajstić information content (AvgIpc) is 3.23. The molecule has 2 aromatic rings. The minimum absolute atomic E-state index is 0.195. The van der Waals surface area contributed by atoms with E-state index in [1.54, 1.807) is 7.11 Å². The molecule has 2 aromatic carbocycles. The van der Waals surface area contributed by atoms with Gasteiger partial charge in [0.1, 0.15) is 11.5 Å². The van der Waals surface area contributed by atoms with Gasteiger partial charge in [0.25, 0.3) is 0 Å². The number of nitrogens with zero attached hydrogens (tertiary/aromatic N) is 1. The fourth-order valence-corrected chi connectivity index (χ4v) is 6.80. The number of carbonyl (C=O) groups excluding carboxylic acids is 1. The molecule has 2 N–H and O–H groups in total. The molecule has 36 heavy (non-hydrogen) atoms. The molecule has 6 heteroatoms. The van der Waals surface area contributed by atoms with Gasteiger partial charge in [0.05, 0.1) is 24.9 Å². The summed E-state index contributed by atoms with van der Waals surface area (Å²) < 4.78 is 19.8.